The molecular weight excluding hydrogens is 160 g/mol. The van der Waals surface area contributed by atoms with E-state index < -0.39 is 11.4 Å². The van der Waals surface area contributed by atoms with Gasteiger partial charge in [0.05, 0.1) is 13.2 Å². The van der Waals surface area contributed by atoms with Crippen molar-refractivity contribution in [3.63, 3.8) is 0 Å². The Kier molecular flexibility index (Phi) is 6.61. The Hall–Kier alpha value is -0.300. The van der Waals surface area contributed by atoms with Gasteiger partial charge in [-0.25, -0.2) is 0 Å². The van der Waals surface area contributed by atoms with Gasteiger partial charge in [-0.15, -0.1) is 0 Å². The summed E-state index contributed by atoms with van der Waals surface area (Å²) in [5, 5.41) is 0. The molecule has 0 aliphatic rings. The smallest absolute Gasteiger partial charge is 0.301 e. The van der Waals surface area contributed by atoms with E-state index >= 15 is 0 Å². The van der Waals surface area contributed by atoms with E-state index in [1.165, 1.54) is 0 Å². The van der Waals surface area contributed by atoms with Crippen molar-refractivity contribution in [1.29, 1.82) is 0 Å². The van der Waals surface area contributed by atoms with Gasteiger partial charge >= 0.3 is 11.4 Å². The van der Waals surface area contributed by atoms with Crippen molar-refractivity contribution in [3.05, 3.63) is 0 Å². The van der Waals surface area contributed by atoms with E-state index in [4.69, 9.17) is 4.55 Å². The molecule has 0 amide bonds. The maximum Gasteiger partial charge on any atom is 0.301 e. The SMILES string of the molecule is O=CCOCCOS(=O)O. The highest BCUT2D eigenvalue weighted by Crippen LogP contribution is 1.79. The highest BCUT2D eigenvalue weighted by molar-refractivity contribution is 7.74. The molecule has 0 aromatic carbocycles. The van der Waals surface area contributed by atoms with Crippen molar-refractivity contribution < 1.29 is 22.5 Å². The number of aldehydes is 1. The van der Waals surface area contributed by atoms with Crippen LogP contribution in [0.3, 0.4) is 0 Å². The van der Waals surface area contributed by atoms with Crippen LogP contribution in [0.4, 0.5) is 0 Å². The molecule has 0 spiro atoms. The van der Waals surface area contributed by atoms with Crippen LogP contribution in [0, 0.1) is 0 Å². The van der Waals surface area contributed by atoms with Gasteiger partial charge in [0, 0.05) is 0 Å². The minimum Gasteiger partial charge on any atom is -0.372 e. The number of hydrogen-bond donors (Lipinski definition) is 1. The summed E-state index contributed by atoms with van der Waals surface area (Å²) in [4.78, 5) is 9.63. The lowest BCUT2D eigenvalue weighted by molar-refractivity contribution is -0.112. The summed E-state index contributed by atoms with van der Waals surface area (Å²) in [6.07, 6.45) is 0.593. The Morgan fingerprint density at radius 2 is 2.20 bits per heavy atom. The van der Waals surface area contributed by atoms with Crippen molar-refractivity contribution >= 4 is 17.6 Å². The fourth-order valence-corrected chi connectivity index (χ4v) is 0.506. The first-order valence-corrected chi connectivity index (χ1v) is 3.56. The van der Waals surface area contributed by atoms with Gasteiger partial charge in [0.2, 0.25) is 0 Å². The summed E-state index contributed by atoms with van der Waals surface area (Å²) in [5.74, 6) is 0. The predicted octanol–water partition coefficient (Wildman–Crippen LogP) is -0.645. The van der Waals surface area contributed by atoms with Gasteiger partial charge in [-0.1, -0.05) is 0 Å². The normalized spacial score (nSPS) is 12.9. The van der Waals surface area contributed by atoms with Gasteiger partial charge in [-0.05, 0) is 0 Å². The largest absolute Gasteiger partial charge is 0.372 e. The second-order valence-corrected chi connectivity index (χ2v) is 1.95. The fraction of sp³-hybridized carbons (Fsp3) is 0.750. The summed E-state index contributed by atoms with van der Waals surface area (Å²) in [6.45, 7) is 0.142. The Morgan fingerprint density at radius 1 is 1.50 bits per heavy atom. The van der Waals surface area contributed by atoms with Crippen LogP contribution in [0.25, 0.3) is 0 Å². The van der Waals surface area contributed by atoms with Crippen molar-refractivity contribution in [2.75, 3.05) is 19.8 Å². The van der Waals surface area contributed by atoms with Crippen molar-refractivity contribution in [1.82, 2.24) is 0 Å². The van der Waals surface area contributed by atoms with Crippen LogP contribution >= 0.6 is 0 Å². The molecule has 0 bridgehead atoms. The van der Waals surface area contributed by atoms with E-state index in [1.807, 2.05) is 0 Å². The molecule has 0 saturated carbocycles. The third-order valence-electron chi connectivity index (χ3n) is 0.598. The molecule has 0 fully saturated rings. The summed E-state index contributed by atoms with van der Waals surface area (Å²) in [5.41, 5.74) is 0. The fourth-order valence-electron chi connectivity index (χ4n) is 0.296. The first kappa shape index (κ1) is 9.70. The van der Waals surface area contributed by atoms with Crippen LogP contribution < -0.4 is 0 Å². The van der Waals surface area contributed by atoms with Crippen LogP contribution in [0.2, 0.25) is 0 Å². The number of ether oxygens (including phenoxy) is 1. The minimum atomic E-state index is -2.24. The van der Waals surface area contributed by atoms with Gasteiger partial charge in [0.15, 0.2) is 0 Å². The highest BCUT2D eigenvalue weighted by atomic mass is 32.2. The molecule has 5 nitrogen and oxygen atoms in total. The van der Waals surface area contributed by atoms with Crippen LogP contribution in [-0.4, -0.2) is 34.9 Å². The van der Waals surface area contributed by atoms with Crippen LogP contribution in [0.1, 0.15) is 0 Å². The molecule has 0 aromatic rings. The Balaban J connectivity index is 2.90. The monoisotopic (exact) mass is 168 g/mol. The third kappa shape index (κ3) is 7.70. The molecule has 0 aromatic heterocycles. The van der Waals surface area contributed by atoms with Crippen molar-refractivity contribution in [2.45, 2.75) is 0 Å². The maximum atomic E-state index is 9.80. The van der Waals surface area contributed by atoms with Crippen LogP contribution in [0.5, 0.6) is 0 Å². The molecule has 10 heavy (non-hydrogen) atoms. The van der Waals surface area contributed by atoms with Crippen LogP contribution in [0.15, 0.2) is 0 Å². The molecule has 1 N–H and O–H groups in total. The Morgan fingerprint density at radius 3 is 2.70 bits per heavy atom. The molecule has 1 unspecified atom stereocenters. The summed E-state index contributed by atoms with van der Waals surface area (Å²) >= 11 is -2.24. The van der Waals surface area contributed by atoms with Crippen molar-refractivity contribution in [2.24, 2.45) is 0 Å². The topological polar surface area (TPSA) is 72.8 Å². The first-order chi connectivity index (χ1) is 4.77. The van der Waals surface area contributed by atoms with E-state index in [-0.39, 0.29) is 19.8 Å². The zero-order chi connectivity index (χ0) is 7.82. The Labute approximate surface area is 60.8 Å². The average Bonchev–Trinajstić information content (AvgIpc) is 1.87. The van der Waals surface area contributed by atoms with Crippen LogP contribution in [-0.2, 0) is 25.1 Å². The van der Waals surface area contributed by atoms with E-state index in [9.17, 15) is 9.00 Å². The lowest BCUT2D eigenvalue weighted by Crippen LogP contribution is -2.06. The molecule has 0 aliphatic carbocycles. The molecule has 60 valence electrons. The molecule has 6 heteroatoms. The van der Waals surface area contributed by atoms with Gasteiger partial charge in [-0.2, -0.15) is 4.21 Å². The van der Waals surface area contributed by atoms with Gasteiger partial charge in [0.1, 0.15) is 12.9 Å². The minimum absolute atomic E-state index is 0.0109. The summed E-state index contributed by atoms with van der Waals surface area (Å²) < 4.78 is 26.6. The summed E-state index contributed by atoms with van der Waals surface area (Å²) in [7, 11) is 0. The average molecular weight is 168 g/mol. The third-order valence-corrected chi connectivity index (χ3v) is 0.966. The molecule has 0 rings (SSSR count). The van der Waals surface area contributed by atoms with E-state index in [0.29, 0.717) is 6.29 Å². The Bertz CT molecular complexity index is 114. The standard InChI is InChI=1S/C4H8O5S/c5-1-2-8-3-4-9-10(6)7/h1H,2-4H2,(H,6,7). The highest BCUT2D eigenvalue weighted by Gasteiger charge is 1.91. The van der Waals surface area contributed by atoms with E-state index in [2.05, 4.69) is 8.92 Å². The molecule has 1 atom stereocenters. The number of carbonyl (C=O) groups is 1. The molecule has 0 aliphatic heterocycles. The van der Waals surface area contributed by atoms with Gasteiger partial charge < -0.3 is 9.53 Å². The lowest BCUT2D eigenvalue weighted by atomic mass is 10.7. The molecule has 0 radical (unpaired) electrons. The number of hydrogen-bond acceptors (Lipinski definition) is 4. The second kappa shape index (κ2) is 6.81. The molecular formula is C4H8O5S. The lowest BCUT2D eigenvalue weighted by Gasteiger charge is -1.96. The number of rotatable bonds is 6. The zero-order valence-corrected chi connectivity index (χ0v) is 6.00. The maximum absolute atomic E-state index is 9.80. The first-order valence-electron chi connectivity index (χ1n) is 2.53. The van der Waals surface area contributed by atoms with Gasteiger partial charge in [0.25, 0.3) is 0 Å². The van der Waals surface area contributed by atoms with E-state index in [0.717, 1.165) is 0 Å². The predicted molar refractivity (Wildman–Crippen MR) is 33.6 cm³/mol. The molecule has 0 heterocycles. The van der Waals surface area contributed by atoms with Gasteiger partial charge in [-0.3, -0.25) is 8.74 Å². The second-order valence-electron chi connectivity index (χ2n) is 1.28. The van der Waals surface area contributed by atoms with E-state index in [1.54, 1.807) is 0 Å². The summed E-state index contributed by atoms with van der Waals surface area (Å²) in [6, 6.07) is 0. The van der Waals surface area contributed by atoms with Crippen molar-refractivity contribution in [3.8, 4) is 0 Å². The molecule has 0 saturated heterocycles. The number of carbonyl (C=O) groups excluding carboxylic acids is 1. The zero-order valence-electron chi connectivity index (χ0n) is 5.19. The quantitative estimate of drug-likeness (QED) is 0.324.